The molecule has 0 aromatic heterocycles. The molecule has 0 saturated heterocycles. The summed E-state index contributed by atoms with van der Waals surface area (Å²) < 4.78 is 5.62. The van der Waals surface area contributed by atoms with Gasteiger partial charge in [0.1, 0.15) is 12.4 Å². The topological polar surface area (TPSA) is 38.5 Å². The molecule has 3 heteroatoms. The monoisotopic (exact) mass is 206 g/mol. The molecule has 0 saturated carbocycles. The number of benzene rings is 1. The summed E-state index contributed by atoms with van der Waals surface area (Å²) in [6.07, 6.45) is 1.04. The second-order valence-corrected chi connectivity index (χ2v) is 3.95. The molecule has 1 aliphatic rings. The van der Waals surface area contributed by atoms with Crippen LogP contribution < -0.4 is 15.4 Å². The summed E-state index contributed by atoms with van der Waals surface area (Å²) in [5.74, 6) is 1.00. The fourth-order valence-electron chi connectivity index (χ4n) is 1.90. The molecule has 1 aromatic rings. The van der Waals surface area contributed by atoms with Crippen LogP contribution in [0.5, 0.6) is 5.75 Å². The van der Waals surface area contributed by atoms with Crippen LogP contribution in [0.15, 0.2) is 18.2 Å². The van der Waals surface area contributed by atoms with Gasteiger partial charge in [0, 0.05) is 6.54 Å². The van der Waals surface area contributed by atoms with Crippen molar-refractivity contribution in [1.29, 1.82) is 0 Å². The number of ether oxygens (including phenoxy) is 1. The predicted molar refractivity (Wildman–Crippen MR) is 62.6 cm³/mol. The fraction of sp³-hybridized carbons (Fsp3) is 0.500. The van der Waals surface area contributed by atoms with Crippen molar-refractivity contribution in [3.05, 3.63) is 23.8 Å². The maximum Gasteiger partial charge on any atom is 0.142 e. The van der Waals surface area contributed by atoms with Crippen molar-refractivity contribution >= 4 is 5.69 Å². The van der Waals surface area contributed by atoms with E-state index in [1.54, 1.807) is 0 Å². The van der Waals surface area contributed by atoms with Crippen molar-refractivity contribution < 1.29 is 4.74 Å². The van der Waals surface area contributed by atoms with E-state index in [0.29, 0.717) is 0 Å². The number of hydrogen-bond acceptors (Lipinski definition) is 3. The number of hydrogen-bond donors (Lipinski definition) is 1. The Morgan fingerprint density at radius 3 is 3.13 bits per heavy atom. The van der Waals surface area contributed by atoms with Crippen LogP contribution in [0.3, 0.4) is 0 Å². The lowest BCUT2D eigenvalue weighted by molar-refractivity contribution is 0.307. The number of nitrogens with zero attached hydrogens (tertiary/aromatic N) is 1. The van der Waals surface area contributed by atoms with Gasteiger partial charge in [-0.3, -0.25) is 0 Å². The summed E-state index contributed by atoms with van der Waals surface area (Å²) in [6, 6.07) is 6.33. The molecular formula is C12H18N2O. The van der Waals surface area contributed by atoms with Gasteiger partial charge in [0.25, 0.3) is 0 Å². The summed E-state index contributed by atoms with van der Waals surface area (Å²) in [5.41, 5.74) is 8.03. The average molecular weight is 206 g/mol. The SMILES string of the molecule is Cc1ccc2c(c1)N(CCCN)CCO2. The van der Waals surface area contributed by atoms with Gasteiger partial charge in [-0.15, -0.1) is 0 Å². The summed E-state index contributed by atoms with van der Waals surface area (Å²) in [6.45, 7) is 5.63. The van der Waals surface area contributed by atoms with Crippen LogP contribution in [0.4, 0.5) is 5.69 Å². The van der Waals surface area contributed by atoms with E-state index in [2.05, 4.69) is 30.0 Å². The van der Waals surface area contributed by atoms with Crippen LogP contribution in [0.2, 0.25) is 0 Å². The Morgan fingerprint density at radius 2 is 2.33 bits per heavy atom. The molecule has 15 heavy (non-hydrogen) atoms. The highest BCUT2D eigenvalue weighted by atomic mass is 16.5. The van der Waals surface area contributed by atoms with Crippen LogP contribution in [-0.4, -0.2) is 26.2 Å². The Morgan fingerprint density at radius 1 is 1.47 bits per heavy atom. The molecule has 1 aromatic carbocycles. The molecular weight excluding hydrogens is 188 g/mol. The minimum Gasteiger partial charge on any atom is -0.490 e. The zero-order valence-corrected chi connectivity index (χ0v) is 9.20. The molecule has 0 radical (unpaired) electrons. The third-order valence-corrected chi connectivity index (χ3v) is 2.71. The number of fused-ring (bicyclic) bond motifs is 1. The summed E-state index contributed by atoms with van der Waals surface area (Å²) in [7, 11) is 0. The van der Waals surface area contributed by atoms with E-state index in [1.807, 2.05) is 0 Å². The van der Waals surface area contributed by atoms with Gasteiger partial charge >= 0.3 is 0 Å². The van der Waals surface area contributed by atoms with Gasteiger partial charge in [0.15, 0.2) is 0 Å². The summed E-state index contributed by atoms with van der Waals surface area (Å²) >= 11 is 0. The maximum atomic E-state index is 5.62. The molecule has 1 heterocycles. The lowest BCUT2D eigenvalue weighted by Gasteiger charge is -2.31. The predicted octanol–water partition coefficient (Wildman–Crippen LogP) is 1.54. The molecule has 0 unspecified atom stereocenters. The van der Waals surface area contributed by atoms with Crippen LogP contribution >= 0.6 is 0 Å². The second kappa shape index (κ2) is 4.53. The van der Waals surface area contributed by atoms with E-state index < -0.39 is 0 Å². The van der Waals surface area contributed by atoms with Crippen molar-refractivity contribution in [3.8, 4) is 5.75 Å². The molecule has 0 amide bonds. The maximum absolute atomic E-state index is 5.62. The molecule has 0 aliphatic carbocycles. The summed E-state index contributed by atoms with van der Waals surface area (Å²) in [4.78, 5) is 2.36. The number of rotatable bonds is 3. The first-order valence-corrected chi connectivity index (χ1v) is 5.50. The van der Waals surface area contributed by atoms with Gasteiger partial charge < -0.3 is 15.4 Å². The third kappa shape index (κ3) is 2.23. The molecule has 0 atom stereocenters. The highest BCUT2D eigenvalue weighted by molar-refractivity contribution is 5.61. The minimum atomic E-state index is 0.749. The van der Waals surface area contributed by atoms with Gasteiger partial charge in [0.2, 0.25) is 0 Å². The normalized spacial score (nSPS) is 14.7. The van der Waals surface area contributed by atoms with Gasteiger partial charge in [-0.2, -0.15) is 0 Å². The van der Waals surface area contributed by atoms with Crippen LogP contribution in [0.25, 0.3) is 0 Å². The number of nitrogens with two attached hydrogens (primary N) is 1. The minimum absolute atomic E-state index is 0.749. The molecule has 1 aliphatic heterocycles. The van der Waals surface area contributed by atoms with Crippen molar-refractivity contribution in [2.24, 2.45) is 5.73 Å². The Kier molecular flexibility index (Phi) is 3.11. The molecule has 0 spiro atoms. The molecule has 0 fully saturated rings. The Hall–Kier alpha value is -1.22. The van der Waals surface area contributed by atoms with Crippen molar-refractivity contribution in [1.82, 2.24) is 0 Å². The van der Waals surface area contributed by atoms with E-state index in [0.717, 1.165) is 38.4 Å². The van der Waals surface area contributed by atoms with Crippen LogP contribution in [0.1, 0.15) is 12.0 Å². The molecule has 3 nitrogen and oxygen atoms in total. The highest BCUT2D eigenvalue weighted by Crippen LogP contribution is 2.32. The van der Waals surface area contributed by atoms with Gasteiger partial charge in [0.05, 0.1) is 12.2 Å². The van der Waals surface area contributed by atoms with Crippen molar-refractivity contribution in [3.63, 3.8) is 0 Å². The Labute approximate surface area is 90.8 Å². The van der Waals surface area contributed by atoms with Crippen LogP contribution in [0, 0.1) is 6.92 Å². The third-order valence-electron chi connectivity index (χ3n) is 2.71. The van der Waals surface area contributed by atoms with Gasteiger partial charge in [-0.05, 0) is 37.6 Å². The van der Waals surface area contributed by atoms with E-state index in [1.165, 1.54) is 11.3 Å². The molecule has 82 valence electrons. The average Bonchev–Trinajstić information content (AvgIpc) is 2.26. The fourth-order valence-corrected chi connectivity index (χ4v) is 1.90. The lowest BCUT2D eigenvalue weighted by Crippen LogP contribution is -2.34. The summed E-state index contributed by atoms with van der Waals surface area (Å²) in [5, 5.41) is 0. The quantitative estimate of drug-likeness (QED) is 0.815. The zero-order valence-electron chi connectivity index (χ0n) is 9.20. The zero-order chi connectivity index (χ0) is 10.7. The van der Waals surface area contributed by atoms with Crippen LogP contribution in [-0.2, 0) is 0 Å². The first-order chi connectivity index (χ1) is 7.31. The lowest BCUT2D eigenvalue weighted by atomic mass is 10.1. The number of anilines is 1. The van der Waals surface area contributed by atoms with E-state index in [9.17, 15) is 0 Å². The molecule has 2 rings (SSSR count). The standard InChI is InChI=1S/C12H18N2O/c1-10-3-4-12-11(9-10)14(6-2-5-13)7-8-15-12/h3-4,9H,2,5-8,13H2,1H3. The first-order valence-electron chi connectivity index (χ1n) is 5.50. The van der Waals surface area contributed by atoms with Crippen molar-refractivity contribution in [2.75, 3.05) is 31.1 Å². The smallest absolute Gasteiger partial charge is 0.142 e. The first kappa shape index (κ1) is 10.3. The van der Waals surface area contributed by atoms with E-state index >= 15 is 0 Å². The number of aryl methyl sites for hydroxylation is 1. The van der Waals surface area contributed by atoms with E-state index in [4.69, 9.17) is 10.5 Å². The van der Waals surface area contributed by atoms with Gasteiger partial charge in [-0.1, -0.05) is 6.07 Å². The molecule has 2 N–H and O–H groups in total. The largest absolute Gasteiger partial charge is 0.490 e. The second-order valence-electron chi connectivity index (χ2n) is 3.95. The van der Waals surface area contributed by atoms with E-state index in [-0.39, 0.29) is 0 Å². The Balaban J connectivity index is 2.20. The molecule has 0 bridgehead atoms. The Bertz CT molecular complexity index is 338. The van der Waals surface area contributed by atoms with Crippen molar-refractivity contribution in [2.45, 2.75) is 13.3 Å². The van der Waals surface area contributed by atoms with Gasteiger partial charge in [-0.25, -0.2) is 0 Å². The highest BCUT2D eigenvalue weighted by Gasteiger charge is 2.16.